The molecule has 17 heavy (non-hydrogen) atoms. The summed E-state index contributed by atoms with van der Waals surface area (Å²) in [6.07, 6.45) is 0.167. The summed E-state index contributed by atoms with van der Waals surface area (Å²) in [4.78, 5) is 0. The lowest BCUT2D eigenvalue weighted by molar-refractivity contribution is 0.0916. The van der Waals surface area contributed by atoms with Gasteiger partial charge in [-0.25, -0.2) is 0 Å². The van der Waals surface area contributed by atoms with E-state index in [1.54, 1.807) is 0 Å². The zero-order chi connectivity index (χ0) is 12.3. The van der Waals surface area contributed by atoms with Gasteiger partial charge in [0.2, 0.25) is 0 Å². The van der Waals surface area contributed by atoms with E-state index in [9.17, 15) is 5.11 Å². The predicted molar refractivity (Wildman–Crippen MR) is 65.5 cm³/mol. The average molecular weight is 258 g/mol. The standard InChI is InChI=1S/C12H16ClNO3/c13-9-1-2-12-8(3-9)4-11(17-12)6-14-5-10(16)7-15/h1-3,10-11,14-16H,4-7H2. The molecule has 4 nitrogen and oxygen atoms in total. The average Bonchev–Trinajstić information content (AvgIpc) is 2.70. The Balaban J connectivity index is 1.80. The van der Waals surface area contributed by atoms with Gasteiger partial charge in [-0.05, 0) is 23.8 Å². The van der Waals surface area contributed by atoms with Crippen LogP contribution in [-0.2, 0) is 6.42 Å². The van der Waals surface area contributed by atoms with Crippen LogP contribution >= 0.6 is 11.6 Å². The van der Waals surface area contributed by atoms with Crippen LogP contribution in [0, 0.1) is 0 Å². The molecule has 2 atom stereocenters. The van der Waals surface area contributed by atoms with Crippen molar-refractivity contribution in [3.8, 4) is 5.75 Å². The molecule has 5 heteroatoms. The summed E-state index contributed by atoms with van der Waals surface area (Å²) in [7, 11) is 0. The zero-order valence-corrected chi connectivity index (χ0v) is 10.2. The maximum atomic E-state index is 9.17. The molecule has 1 aromatic carbocycles. The Morgan fingerprint density at radius 1 is 1.53 bits per heavy atom. The van der Waals surface area contributed by atoms with Crippen LogP contribution < -0.4 is 10.1 Å². The van der Waals surface area contributed by atoms with E-state index in [0.29, 0.717) is 13.1 Å². The fraction of sp³-hybridized carbons (Fsp3) is 0.500. The molecule has 0 spiro atoms. The number of aliphatic hydroxyl groups excluding tert-OH is 2. The molecule has 0 saturated heterocycles. The molecule has 2 unspecified atom stereocenters. The minimum atomic E-state index is -0.715. The third kappa shape index (κ3) is 3.33. The Kier molecular flexibility index (Phi) is 4.23. The summed E-state index contributed by atoms with van der Waals surface area (Å²) in [5, 5.41) is 21.6. The highest BCUT2D eigenvalue weighted by molar-refractivity contribution is 6.30. The van der Waals surface area contributed by atoms with Gasteiger partial charge in [-0.1, -0.05) is 11.6 Å². The van der Waals surface area contributed by atoms with E-state index in [2.05, 4.69) is 5.32 Å². The van der Waals surface area contributed by atoms with Gasteiger partial charge in [0.05, 0.1) is 12.7 Å². The van der Waals surface area contributed by atoms with Crippen LogP contribution in [0.2, 0.25) is 5.02 Å². The van der Waals surface area contributed by atoms with E-state index in [1.165, 1.54) is 0 Å². The first kappa shape index (κ1) is 12.6. The minimum absolute atomic E-state index is 0.0642. The quantitative estimate of drug-likeness (QED) is 0.723. The number of hydrogen-bond acceptors (Lipinski definition) is 4. The van der Waals surface area contributed by atoms with E-state index in [1.807, 2.05) is 18.2 Å². The Morgan fingerprint density at radius 2 is 2.35 bits per heavy atom. The molecule has 1 heterocycles. The lowest BCUT2D eigenvalue weighted by atomic mass is 10.1. The number of hydrogen-bond donors (Lipinski definition) is 3. The minimum Gasteiger partial charge on any atom is -0.488 e. The summed E-state index contributed by atoms with van der Waals surface area (Å²) in [6, 6.07) is 5.60. The Bertz CT molecular complexity index is 386. The Morgan fingerprint density at radius 3 is 3.12 bits per heavy atom. The van der Waals surface area contributed by atoms with Gasteiger partial charge in [0, 0.05) is 24.5 Å². The highest BCUT2D eigenvalue weighted by Gasteiger charge is 2.22. The van der Waals surface area contributed by atoms with Gasteiger partial charge >= 0.3 is 0 Å². The summed E-state index contributed by atoms with van der Waals surface area (Å²) >= 11 is 5.90. The SMILES string of the molecule is OCC(O)CNCC1Cc2cc(Cl)ccc2O1. The first-order valence-corrected chi connectivity index (χ1v) is 6.01. The topological polar surface area (TPSA) is 61.7 Å². The van der Waals surface area contributed by atoms with Crippen molar-refractivity contribution in [3.05, 3.63) is 28.8 Å². The first-order chi connectivity index (χ1) is 8.19. The molecule has 0 saturated carbocycles. The number of ether oxygens (including phenoxy) is 1. The molecule has 2 rings (SSSR count). The van der Waals surface area contributed by atoms with Crippen LogP contribution in [0.3, 0.4) is 0 Å². The van der Waals surface area contributed by atoms with Crippen molar-refractivity contribution in [2.45, 2.75) is 18.6 Å². The van der Waals surface area contributed by atoms with Gasteiger partial charge in [-0.15, -0.1) is 0 Å². The molecule has 1 aliphatic rings. The molecule has 0 fully saturated rings. The number of fused-ring (bicyclic) bond motifs is 1. The molecule has 0 aromatic heterocycles. The molecule has 1 aliphatic heterocycles. The highest BCUT2D eigenvalue weighted by Crippen LogP contribution is 2.30. The van der Waals surface area contributed by atoms with Crippen molar-refractivity contribution in [1.29, 1.82) is 0 Å². The Hall–Kier alpha value is -0.810. The second-order valence-electron chi connectivity index (χ2n) is 4.19. The second-order valence-corrected chi connectivity index (χ2v) is 4.63. The van der Waals surface area contributed by atoms with Crippen molar-refractivity contribution in [2.24, 2.45) is 0 Å². The van der Waals surface area contributed by atoms with Crippen molar-refractivity contribution >= 4 is 11.6 Å². The maximum Gasteiger partial charge on any atom is 0.123 e. The summed E-state index contributed by atoms with van der Waals surface area (Å²) < 4.78 is 5.71. The van der Waals surface area contributed by atoms with Gasteiger partial charge in [0.15, 0.2) is 0 Å². The molecule has 0 aliphatic carbocycles. The zero-order valence-electron chi connectivity index (χ0n) is 9.40. The van der Waals surface area contributed by atoms with Crippen LogP contribution in [0.5, 0.6) is 5.75 Å². The molecule has 0 radical (unpaired) electrons. The monoisotopic (exact) mass is 257 g/mol. The maximum absolute atomic E-state index is 9.17. The van der Waals surface area contributed by atoms with Crippen molar-refractivity contribution < 1.29 is 14.9 Å². The van der Waals surface area contributed by atoms with Crippen LogP contribution in [0.25, 0.3) is 0 Å². The smallest absolute Gasteiger partial charge is 0.123 e. The lowest BCUT2D eigenvalue weighted by Gasteiger charge is -2.13. The van der Waals surface area contributed by atoms with Gasteiger partial charge < -0.3 is 20.3 Å². The molecule has 3 N–H and O–H groups in total. The number of halogens is 1. The van der Waals surface area contributed by atoms with Crippen LogP contribution in [-0.4, -0.2) is 42.1 Å². The molecule has 94 valence electrons. The number of nitrogens with one attached hydrogen (secondary N) is 1. The summed E-state index contributed by atoms with van der Waals surface area (Å²) in [6.45, 7) is 0.783. The third-order valence-corrected chi connectivity index (χ3v) is 2.96. The van der Waals surface area contributed by atoms with Crippen molar-refractivity contribution in [2.75, 3.05) is 19.7 Å². The number of benzene rings is 1. The van der Waals surface area contributed by atoms with E-state index in [-0.39, 0.29) is 12.7 Å². The van der Waals surface area contributed by atoms with Gasteiger partial charge in [-0.2, -0.15) is 0 Å². The van der Waals surface area contributed by atoms with Crippen LogP contribution in [0.15, 0.2) is 18.2 Å². The molecular weight excluding hydrogens is 242 g/mol. The predicted octanol–water partition coefficient (Wildman–Crippen LogP) is 0.586. The fourth-order valence-electron chi connectivity index (χ4n) is 1.88. The Labute approximate surface area is 105 Å². The first-order valence-electron chi connectivity index (χ1n) is 5.63. The molecule has 1 aromatic rings. The van der Waals surface area contributed by atoms with Crippen LogP contribution in [0.1, 0.15) is 5.56 Å². The third-order valence-electron chi connectivity index (χ3n) is 2.73. The van der Waals surface area contributed by atoms with Crippen LogP contribution in [0.4, 0.5) is 0 Å². The van der Waals surface area contributed by atoms with Gasteiger partial charge in [0.25, 0.3) is 0 Å². The van der Waals surface area contributed by atoms with Crippen molar-refractivity contribution in [3.63, 3.8) is 0 Å². The van der Waals surface area contributed by atoms with E-state index in [4.69, 9.17) is 21.4 Å². The number of rotatable bonds is 5. The fourth-order valence-corrected chi connectivity index (χ4v) is 2.07. The molecular formula is C12H16ClNO3. The highest BCUT2D eigenvalue weighted by atomic mass is 35.5. The molecule has 0 bridgehead atoms. The molecule has 0 amide bonds. The van der Waals surface area contributed by atoms with E-state index < -0.39 is 6.10 Å². The second kappa shape index (κ2) is 5.69. The summed E-state index contributed by atoms with van der Waals surface area (Å²) in [5.41, 5.74) is 1.12. The normalized spacial score (nSPS) is 19.8. The lowest BCUT2D eigenvalue weighted by Crippen LogP contribution is -2.36. The largest absolute Gasteiger partial charge is 0.488 e. The van der Waals surface area contributed by atoms with Crippen molar-refractivity contribution in [1.82, 2.24) is 5.32 Å². The van der Waals surface area contributed by atoms with Gasteiger partial charge in [0.1, 0.15) is 11.9 Å². The summed E-state index contributed by atoms with van der Waals surface area (Å²) in [5.74, 6) is 0.879. The van der Waals surface area contributed by atoms with Gasteiger partial charge in [-0.3, -0.25) is 0 Å². The van der Waals surface area contributed by atoms with E-state index in [0.717, 1.165) is 22.8 Å². The number of aliphatic hydroxyl groups is 2. The van der Waals surface area contributed by atoms with E-state index >= 15 is 0 Å².